The average Bonchev–Trinajstić information content (AvgIpc) is 2.38. The molecule has 2 aromatic rings. The van der Waals surface area contributed by atoms with E-state index in [9.17, 15) is 10.1 Å². The van der Waals surface area contributed by atoms with Crippen molar-refractivity contribution < 1.29 is 4.92 Å². The van der Waals surface area contributed by atoms with Gasteiger partial charge in [0.15, 0.2) is 0 Å². The third-order valence-electron chi connectivity index (χ3n) is 2.29. The number of nitrogens with zero attached hydrogens (tertiary/aromatic N) is 2. The van der Waals surface area contributed by atoms with Gasteiger partial charge in [-0.2, -0.15) is 0 Å². The van der Waals surface area contributed by atoms with Gasteiger partial charge in [0.1, 0.15) is 0 Å². The number of benzene rings is 1. The number of para-hydroxylation sites is 1. The van der Waals surface area contributed by atoms with Crippen LogP contribution in [0.15, 0.2) is 48.8 Å². The summed E-state index contributed by atoms with van der Waals surface area (Å²) < 4.78 is 0. The highest BCUT2D eigenvalue weighted by Crippen LogP contribution is 2.19. The fraction of sp³-hybridized carbons (Fsp3) is 0. The summed E-state index contributed by atoms with van der Waals surface area (Å²) in [6, 6.07) is 10.3. The second-order valence-electron chi connectivity index (χ2n) is 3.43. The van der Waals surface area contributed by atoms with Gasteiger partial charge in [0.2, 0.25) is 0 Å². The van der Waals surface area contributed by atoms with Crippen molar-refractivity contribution in [1.82, 2.24) is 4.98 Å². The molecule has 2 rings (SSSR count). The summed E-state index contributed by atoms with van der Waals surface area (Å²) in [5.41, 5.74) is 1.66. The third kappa shape index (κ3) is 2.75. The zero-order valence-electron chi connectivity index (χ0n) is 8.98. The van der Waals surface area contributed by atoms with E-state index in [0.29, 0.717) is 5.56 Å². The van der Waals surface area contributed by atoms with Gasteiger partial charge in [-0.15, -0.1) is 0 Å². The van der Waals surface area contributed by atoms with Crippen LogP contribution in [0.4, 0.5) is 5.69 Å². The lowest BCUT2D eigenvalue weighted by molar-refractivity contribution is -0.385. The molecule has 4 heteroatoms. The second kappa shape index (κ2) is 5.03. The van der Waals surface area contributed by atoms with Crippen molar-refractivity contribution in [2.45, 2.75) is 0 Å². The van der Waals surface area contributed by atoms with Crippen LogP contribution in [-0.4, -0.2) is 9.91 Å². The maximum absolute atomic E-state index is 10.8. The fourth-order valence-corrected chi connectivity index (χ4v) is 1.46. The van der Waals surface area contributed by atoms with Gasteiger partial charge < -0.3 is 0 Å². The summed E-state index contributed by atoms with van der Waals surface area (Å²) in [7, 11) is 0. The molecule has 1 aromatic carbocycles. The number of hydrogen-bond acceptors (Lipinski definition) is 3. The van der Waals surface area contributed by atoms with Crippen molar-refractivity contribution in [3.8, 4) is 0 Å². The molecule has 0 aliphatic heterocycles. The standard InChI is InChI=1S/C13H10N2O2/c16-15(17)13-4-2-1-3-12(13)6-5-11-7-9-14-10-8-11/h1-10H. The minimum Gasteiger partial charge on any atom is -0.265 e. The van der Waals surface area contributed by atoms with Gasteiger partial charge >= 0.3 is 0 Å². The molecular weight excluding hydrogens is 216 g/mol. The summed E-state index contributed by atoms with van der Waals surface area (Å²) in [5.74, 6) is 0. The van der Waals surface area contributed by atoms with Crippen LogP contribution in [-0.2, 0) is 0 Å². The highest BCUT2D eigenvalue weighted by atomic mass is 16.6. The lowest BCUT2D eigenvalue weighted by atomic mass is 10.1. The molecule has 0 fully saturated rings. The second-order valence-corrected chi connectivity index (χ2v) is 3.43. The Labute approximate surface area is 98.4 Å². The molecule has 1 aromatic heterocycles. The van der Waals surface area contributed by atoms with E-state index in [1.54, 1.807) is 36.7 Å². The molecule has 0 saturated carbocycles. The van der Waals surface area contributed by atoms with Crippen LogP contribution >= 0.6 is 0 Å². The van der Waals surface area contributed by atoms with E-state index in [-0.39, 0.29) is 10.6 Å². The van der Waals surface area contributed by atoms with Gasteiger partial charge in [-0.05, 0) is 29.8 Å². The Hall–Kier alpha value is -2.49. The van der Waals surface area contributed by atoms with E-state index in [2.05, 4.69) is 4.98 Å². The molecule has 17 heavy (non-hydrogen) atoms. The van der Waals surface area contributed by atoms with Gasteiger partial charge in [0.25, 0.3) is 5.69 Å². The molecule has 0 unspecified atom stereocenters. The van der Waals surface area contributed by atoms with E-state index in [0.717, 1.165) is 5.56 Å². The van der Waals surface area contributed by atoms with Crippen molar-refractivity contribution >= 4 is 17.8 Å². The molecule has 0 aliphatic carbocycles. The molecule has 0 aliphatic rings. The van der Waals surface area contributed by atoms with E-state index in [1.807, 2.05) is 18.2 Å². The Morgan fingerprint density at radius 2 is 1.76 bits per heavy atom. The van der Waals surface area contributed by atoms with Crippen molar-refractivity contribution in [2.24, 2.45) is 0 Å². The molecule has 84 valence electrons. The summed E-state index contributed by atoms with van der Waals surface area (Å²) in [6.07, 6.45) is 6.91. The molecular formula is C13H10N2O2. The Kier molecular flexibility index (Phi) is 3.25. The number of nitro benzene ring substituents is 1. The molecule has 0 atom stereocenters. The Balaban J connectivity index is 2.30. The van der Waals surface area contributed by atoms with Gasteiger partial charge in [0.05, 0.1) is 10.5 Å². The first-order valence-electron chi connectivity index (χ1n) is 5.09. The zero-order chi connectivity index (χ0) is 12.1. The smallest absolute Gasteiger partial charge is 0.265 e. The molecule has 0 N–H and O–H groups in total. The Bertz CT molecular complexity index is 550. The van der Waals surface area contributed by atoms with Crippen LogP contribution in [0.5, 0.6) is 0 Å². The first kappa shape index (κ1) is 11.0. The predicted octanol–water partition coefficient (Wildman–Crippen LogP) is 3.16. The van der Waals surface area contributed by atoms with Crippen LogP contribution < -0.4 is 0 Å². The van der Waals surface area contributed by atoms with E-state index >= 15 is 0 Å². The minimum absolute atomic E-state index is 0.109. The molecule has 0 amide bonds. The first-order chi connectivity index (χ1) is 8.27. The summed E-state index contributed by atoms with van der Waals surface area (Å²) in [6.45, 7) is 0. The van der Waals surface area contributed by atoms with Crippen LogP contribution in [0.2, 0.25) is 0 Å². The fourth-order valence-electron chi connectivity index (χ4n) is 1.46. The summed E-state index contributed by atoms with van der Waals surface area (Å²) in [4.78, 5) is 14.3. The normalized spacial score (nSPS) is 10.6. The van der Waals surface area contributed by atoms with Crippen molar-refractivity contribution in [1.29, 1.82) is 0 Å². The highest BCUT2D eigenvalue weighted by Gasteiger charge is 2.08. The summed E-state index contributed by atoms with van der Waals surface area (Å²) in [5, 5.41) is 10.8. The Morgan fingerprint density at radius 3 is 2.47 bits per heavy atom. The maximum atomic E-state index is 10.8. The van der Waals surface area contributed by atoms with E-state index in [4.69, 9.17) is 0 Å². The van der Waals surface area contributed by atoms with Crippen molar-refractivity contribution in [2.75, 3.05) is 0 Å². The molecule has 0 bridgehead atoms. The van der Waals surface area contributed by atoms with Crippen molar-refractivity contribution in [3.63, 3.8) is 0 Å². The highest BCUT2D eigenvalue weighted by molar-refractivity contribution is 5.73. The number of aromatic nitrogens is 1. The van der Waals surface area contributed by atoms with Crippen LogP contribution in [0.1, 0.15) is 11.1 Å². The van der Waals surface area contributed by atoms with E-state index in [1.165, 1.54) is 6.07 Å². The SMILES string of the molecule is O=[N+]([O-])c1ccccc1C=Cc1ccncc1. The van der Waals surface area contributed by atoms with Crippen molar-refractivity contribution in [3.05, 3.63) is 70.0 Å². The van der Waals surface area contributed by atoms with Gasteiger partial charge in [-0.1, -0.05) is 18.2 Å². The molecule has 0 spiro atoms. The third-order valence-corrected chi connectivity index (χ3v) is 2.29. The summed E-state index contributed by atoms with van der Waals surface area (Å²) >= 11 is 0. The molecule has 4 nitrogen and oxygen atoms in total. The zero-order valence-corrected chi connectivity index (χ0v) is 8.98. The maximum Gasteiger partial charge on any atom is 0.276 e. The Morgan fingerprint density at radius 1 is 1.06 bits per heavy atom. The van der Waals surface area contributed by atoms with Crippen LogP contribution in [0, 0.1) is 10.1 Å². The number of pyridine rings is 1. The van der Waals surface area contributed by atoms with Crippen LogP contribution in [0.3, 0.4) is 0 Å². The monoisotopic (exact) mass is 226 g/mol. The quantitative estimate of drug-likeness (QED) is 0.596. The number of nitro groups is 1. The molecule has 0 saturated heterocycles. The average molecular weight is 226 g/mol. The van der Waals surface area contributed by atoms with Gasteiger partial charge in [-0.3, -0.25) is 15.1 Å². The number of hydrogen-bond donors (Lipinski definition) is 0. The minimum atomic E-state index is -0.383. The van der Waals surface area contributed by atoms with E-state index < -0.39 is 0 Å². The first-order valence-corrected chi connectivity index (χ1v) is 5.09. The predicted molar refractivity (Wildman–Crippen MR) is 66.3 cm³/mol. The molecule has 0 radical (unpaired) electrons. The number of rotatable bonds is 3. The largest absolute Gasteiger partial charge is 0.276 e. The van der Waals surface area contributed by atoms with Gasteiger partial charge in [-0.25, -0.2) is 0 Å². The lowest BCUT2D eigenvalue weighted by Crippen LogP contribution is -1.90. The van der Waals surface area contributed by atoms with Crippen LogP contribution in [0.25, 0.3) is 12.2 Å². The lowest BCUT2D eigenvalue weighted by Gasteiger charge is -1.96. The topological polar surface area (TPSA) is 56.0 Å². The molecule has 1 heterocycles. The van der Waals surface area contributed by atoms with Gasteiger partial charge in [0, 0.05) is 18.5 Å².